The molecule has 8 nitrogen and oxygen atoms in total. The van der Waals surface area contributed by atoms with Gasteiger partial charge in [-0.25, -0.2) is 21.1 Å². The molecule has 0 saturated carbocycles. The Bertz CT molecular complexity index is 1010. The van der Waals surface area contributed by atoms with Crippen LogP contribution in [0.1, 0.15) is 25.7 Å². The van der Waals surface area contributed by atoms with E-state index in [1.807, 2.05) is 0 Å². The van der Waals surface area contributed by atoms with Crippen LogP contribution < -0.4 is 5.32 Å². The molecule has 1 unspecified atom stereocenters. The van der Waals surface area contributed by atoms with E-state index in [2.05, 4.69) is 5.32 Å². The van der Waals surface area contributed by atoms with Gasteiger partial charge in [0.2, 0.25) is 26.0 Å². The topological polar surface area (TPSA) is 104 Å². The molecule has 1 aromatic carbocycles. The zero-order valence-electron chi connectivity index (χ0n) is 16.6. The Hall–Kier alpha value is -0.910. The van der Waals surface area contributed by atoms with Crippen LogP contribution in [0, 0.1) is 5.92 Å². The first-order chi connectivity index (χ1) is 14.0. The maximum Gasteiger partial charge on any atom is 0.244 e. The third-order valence-corrected chi connectivity index (χ3v) is 9.42. The summed E-state index contributed by atoms with van der Waals surface area (Å²) in [4.78, 5) is 12.6. The highest BCUT2D eigenvalue weighted by Gasteiger charge is 2.34. The summed E-state index contributed by atoms with van der Waals surface area (Å²) in [7, 11) is -7.09. The van der Waals surface area contributed by atoms with Crippen LogP contribution in [0.25, 0.3) is 0 Å². The summed E-state index contributed by atoms with van der Waals surface area (Å²) in [6.07, 6.45) is 3.34. The summed E-state index contributed by atoms with van der Waals surface area (Å²) in [6, 6.07) is 4.07. The molecule has 30 heavy (non-hydrogen) atoms. The average Bonchev–Trinajstić information content (AvgIpc) is 2.69. The molecule has 12 heteroatoms. The van der Waals surface area contributed by atoms with Gasteiger partial charge < -0.3 is 5.32 Å². The lowest BCUT2D eigenvalue weighted by atomic mass is 9.96. The molecule has 2 fully saturated rings. The number of rotatable bonds is 5. The van der Waals surface area contributed by atoms with Crippen LogP contribution in [-0.4, -0.2) is 69.8 Å². The van der Waals surface area contributed by atoms with Crippen LogP contribution in [0.5, 0.6) is 0 Å². The average molecular weight is 498 g/mol. The van der Waals surface area contributed by atoms with E-state index in [0.717, 1.165) is 6.42 Å². The van der Waals surface area contributed by atoms with E-state index in [4.69, 9.17) is 23.2 Å². The fourth-order valence-corrected chi connectivity index (χ4v) is 6.97. The van der Waals surface area contributed by atoms with Crippen molar-refractivity contribution in [2.24, 2.45) is 5.92 Å². The Labute approximate surface area is 187 Å². The smallest absolute Gasteiger partial charge is 0.244 e. The number of nitrogens with one attached hydrogen (secondary N) is 1. The first-order valence-corrected chi connectivity index (χ1v) is 13.7. The lowest BCUT2D eigenvalue weighted by Crippen LogP contribution is -2.51. The molecule has 1 N–H and O–H groups in total. The number of hydrogen-bond acceptors (Lipinski definition) is 5. The zero-order chi connectivity index (χ0) is 22.1. The summed E-state index contributed by atoms with van der Waals surface area (Å²) in [5.41, 5.74) is 0. The number of benzene rings is 1. The molecule has 2 saturated heterocycles. The van der Waals surface area contributed by atoms with Crippen molar-refractivity contribution in [1.29, 1.82) is 0 Å². The van der Waals surface area contributed by atoms with Crippen LogP contribution in [0.15, 0.2) is 23.1 Å². The summed E-state index contributed by atoms with van der Waals surface area (Å²) < 4.78 is 52.0. The first kappa shape index (κ1) is 23.7. The Kier molecular flexibility index (Phi) is 7.36. The van der Waals surface area contributed by atoms with Crippen molar-refractivity contribution >= 4 is 49.2 Å². The molecule has 0 aromatic heterocycles. The number of carbonyl (C=O) groups is 1. The van der Waals surface area contributed by atoms with Gasteiger partial charge in [-0.2, -0.15) is 4.31 Å². The second-order valence-corrected chi connectivity index (χ2v) is 12.5. The van der Waals surface area contributed by atoms with E-state index >= 15 is 0 Å². The highest BCUT2D eigenvalue weighted by Crippen LogP contribution is 2.30. The van der Waals surface area contributed by atoms with E-state index < -0.39 is 20.0 Å². The minimum absolute atomic E-state index is 0.0392. The molecule has 2 heterocycles. The molecule has 0 radical (unpaired) electrons. The Morgan fingerprint density at radius 3 is 2.33 bits per heavy atom. The highest BCUT2D eigenvalue weighted by molar-refractivity contribution is 7.89. The molecular formula is C18H25Cl2N3O5S2. The van der Waals surface area contributed by atoms with E-state index in [9.17, 15) is 21.6 Å². The van der Waals surface area contributed by atoms with Crippen LogP contribution in [0.4, 0.5) is 0 Å². The first-order valence-electron chi connectivity index (χ1n) is 9.69. The van der Waals surface area contributed by atoms with Crippen molar-refractivity contribution < 1.29 is 21.6 Å². The normalized spacial score (nSPS) is 22.7. The van der Waals surface area contributed by atoms with Gasteiger partial charge in [0, 0.05) is 43.2 Å². The van der Waals surface area contributed by atoms with Crippen LogP contribution in [0.2, 0.25) is 10.0 Å². The van der Waals surface area contributed by atoms with Gasteiger partial charge in [-0.1, -0.05) is 23.2 Å². The Morgan fingerprint density at radius 1 is 1.03 bits per heavy atom. The van der Waals surface area contributed by atoms with Gasteiger partial charge >= 0.3 is 0 Å². The minimum Gasteiger partial charge on any atom is -0.352 e. The van der Waals surface area contributed by atoms with Crippen LogP contribution in [-0.2, 0) is 24.8 Å². The van der Waals surface area contributed by atoms with Crippen molar-refractivity contribution in [3.05, 3.63) is 28.2 Å². The van der Waals surface area contributed by atoms with Gasteiger partial charge in [0.1, 0.15) is 4.90 Å². The number of sulfonamides is 2. The number of carbonyl (C=O) groups excluding carboxylic acids is 1. The number of nitrogens with zero attached hydrogens (tertiary/aromatic N) is 2. The van der Waals surface area contributed by atoms with Gasteiger partial charge in [-0.15, -0.1) is 0 Å². The molecule has 1 aromatic rings. The molecule has 1 atom stereocenters. The van der Waals surface area contributed by atoms with Gasteiger partial charge in [0.15, 0.2) is 0 Å². The highest BCUT2D eigenvalue weighted by atomic mass is 35.5. The third-order valence-electron chi connectivity index (χ3n) is 5.54. The number of halogens is 2. The lowest BCUT2D eigenvalue weighted by Gasteiger charge is -2.34. The molecule has 2 aliphatic heterocycles. The molecule has 0 spiro atoms. The molecule has 3 rings (SSSR count). The molecule has 0 bridgehead atoms. The van der Waals surface area contributed by atoms with E-state index in [1.54, 1.807) is 0 Å². The molecule has 2 aliphatic rings. The summed E-state index contributed by atoms with van der Waals surface area (Å²) in [5.74, 6) is -0.479. The quantitative estimate of drug-likeness (QED) is 0.669. The molecular weight excluding hydrogens is 473 g/mol. The molecule has 1 amide bonds. The fraction of sp³-hybridized carbons (Fsp3) is 0.611. The van der Waals surface area contributed by atoms with E-state index in [-0.39, 0.29) is 52.4 Å². The maximum atomic E-state index is 12.9. The standard InChI is InChI=1S/C18H25Cl2N3O5S2/c1-29(25,26)23-8-2-3-15(12-23)21-18(24)13-6-9-22(10-7-13)30(27,28)17-11-14(19)4-5-16(17)20/h4-5,11,13,15H,2-3,6-10,12H2,1H3,(H,21,24). The fourth-order valence-electron chi connectivity index (χ4n) is 3.85. The second-order valence-electron chi connectivity index (χ2n) is 7.72. The van der Waals surface area contributed by atoms with Crippen molar-refractivity contribution in [3.63, 3.8) is 0 Å². The Balaban J connectivity index is 1.58. The Morgan fingerprint density at radius 2 is 1.70 bits per heavy atom. The predicted octanol–water partition coefficient (Wildman–Crippen LogP) is 1.93. The van der Waals surface area contributed by atoms with Gasteiger partial charge in [0.25, 0.3) is 0 Å². The third kappa shape index (κ3) is 5.46. The number of hydrogen-bond donors (Lipinski definition) is 1. The SMILES string of the molecule is CS(=O)(=O)N1CCCC(NC(=O)C2CCN(S(=O)(=O)c3cc(Cl)ccc3Cl)CC2)C1. The van der Waals surface area contributed by atoms with Crippen LogP contribution in [0.3, 0.4) is 0 Å². The van der Waals surface area contributed by atoms with Gasteiger partial charge in [-0.05, 0) is 43.9 Å². The largest absolute Gasteiger partial charge is 0.352 e. The number of piperidine rings is 2. The monoisotopic (exact) mass is 497 g/mol. The number of amides is 1. The maximum absolute atomic E-state index is 12.9. The second kappa shape index (κ2) is 9.30. The minimum atomic E-state index is -3.80. The van der Waals surface area contributed by atoms with E-state index in [1.165, 1.54) is 33.1 Å². The molecule has 0 aliphatic carbocycles. The lowest BCUT2D eigenvalue weighted by molar-refractivity contribution is -0.127. The summed E-state index contributed by atoms with van der Waals surface area (Å²) in [6.45, 7) is 1.13. The van der Waals surface area contributed by atoms with E-state index in [0.29, 0.717) is 25.8 Å². The van der Waals surface area contributed by atoms with Crippen LogP contribution >= 0.6 is 23.2 Å². The van der Waals surface area contributed by atoms with Crippen molar-refractivity contribution in [3.8, 4) is 0 Å². The van der Waals surface area contributed by atoms with Gasteiger partial charge in [0.05, 0.1) is 11.3 Å². The summed E-state index contributed by atoms with van der Waals surface area (Å²) >= 11 is 12.0. The zero-order valence-corrected chi connectivity index (χ0v) is 19.7. The van der Waals surface area contributed by atoms with Crippen molar-refractivity contribution in [2.75, 3.05) is 32.4 Å². The van der Waals surface area contributed by atoms with Crippen molar-refractivity contribution in [1.82, 2.24) is 13.9 Å². The molecule has 168 valence electrons. The predicted molar refractivity (Wildman–Crippen MR) is 116 cm³/mol. The summed E-state index contributed by atoms with van der Waals surface area (Å²) in [5, 5.41) is 3.33. The van der Waals surface area contributed by atoms with Gasteiger partial charge in [-0.3, -0.25) is 4.79 Å². The van der Waals surface area contributed by atoms with Crippen molar-refractivity contribution in [2.45, 2.75) is 36.6 Å².